The summed E-state index contributed by atoms with van der Waals surface area (Å²) < 4.78 is 32.9. The first-order valence-corrected chi connectivity index (χ1v) is 6.84. The number of hydrogen-bond donors (Lipinski definition) is 0. The standard InChI is InChI=1S/C10H11ClO5S/c1-6(12)7-4-5-8(15-2)9(16-3)10(7)17(11,13)14/h4-5H,1-3H3. The molecule has 1 aromatic carbocycles. The molecule has 0 fully saturated rings. The van der Waals surface area contributed by atoms with Crippen LogP contribution in [0.1, 0.15) is 17.3 Å². The average molecular weight is 279 g/mol. The predicted octanol–water partition coefficient (Wildman–Crippen LogP) is 1.83. The number of carbonyl (C=O) groups excluding carboxylic acids is 1. The van der Waals surface area contributed by atoms with Crippen LogP contribution >= 0.6 is 10.7 Å². The van der Waals surface area contributed by atoms with Crippen LogP contribution in [0.4, 0.5) is 0 Å². The number of methoxy groups -OCH3 is 2. The van der Waals surface area contributed by atoms with E-state index in [0.717, 1.165) is 0 Å². The first-order chi connectivity index (χ1) is 7.82. The third-order valence-corrected chi connectivity index (χ3v) is 3.48. The molecule has 0 unspecified atom stereocenters. The van der Waals surface area contributed by atoms with E-state index in [1.54, 1.807) is 0 Å². The molecule has 0 aromatic heterocycles. The smallest absolute Gasteiger partial charge is 0.265 e. The fraction of sp³-hybridized carbons (Fsp3) is 0.300. The van der Waals surface area contributed by atoms with Crippen LogP contribution < -0.4 is 9.47 Å². The number of benzene rings is 1. The number of carbonyl (C=O) groups is 1. The van der Waals surface area contributed by atoms with E-state index in [4.69, 9.17) is 20.2 Å². The summed E-state index contributed by atoms with van der Waals surface area (Å²) in [5.74, 6) is -0.308. The van der Waals surface area contributed by atoms with Gasteiger partial charge in [0, 0.05) is 16.2 Å². The average Bonchev–Trinajstić information content (AvgIpc) is 2.25. The van der Waals surface area contributed by atoms with Crippen LogP contribution in [0.2, 0.25) is 0 Å². The summed E-state index contributed by atoms with van der Waals surface area (Å²) in [5.41, 5.74) is -0.0300. The molecule has 0 saturated heterocycles. The number of hydrogen-bond acceptors (Lipinski definition) is 5. The van der Waals surface area contributed by atoms with Crippen molar-refractivity contribution in [3.63, 3.8) is 0 Å². The highest BCUT2D eigenvalue weighted by Gasteiger charge is 2.26. The van der Waals surface area contributed by atoms with Crippen molar-refractivity contribution < 1.29 is 22.7 Å². The predicted molar refractivity (Wildman–Crippen MR) is 62.6 cm³/mol. The number of halogens is 1. The maximum atomic E-state index is 11.5. The van der Waals surface area contributed by atoms with Crippen molar-refractivity contribution in [3.8, 4) is 11.5 Å². The van der Waals surface area contributed by atoms with Gasteiger partial charge in [0.05, 0.1) is 14.2 Å². The van der Waals surface area contributed by atoms with Gasteiger partial charge >= 0.3 is 0 Å². The summed E-state index contributed by atoms with van der Waals surface area (Å²) in [5, 5.41) is 0. The van der Waals surface area contributed by atoms with Crippen molar-refractivity contribution in [2.75, 3.05) is 14.2 Å². The number of rotatable bonds is 4. The van der Waals surface area contributed by atoms with Crippen LogP contribution in [0.5, 0.6) is 11.5 Å². The Morgan fingerprint density at radius 3 is 2.18 bits per heavy atom. The second-order valence-corrected chi connectivity index (χ2v) is 5.67. The molecule has 0 aliphatic heterocycles. The first kappa shape index (κ1) is 13.8. The molecular formula is C10H11ClO5S. The summed E-state index contributed by atoms with van der Waals surface area (Å²) in [6, 6.07) is 2.78. The van der Waals surface area contributed by atoms with Crippen molar-refractivity contribution in [2.45, 2.75) is 11.8 Å². The Balaban J connectivity index is 3.75. The molecule has 0 heterocycles. The van der Waals surface area contributed by atoms with Gasteiger partial charge in [0.1, 0.15) is 4.90 Å². The minimum atomic E-state index is -4.11. The van der Waals surface area contributed by atoms with Gasteiger partial charge in [-0.25, -0.2) is 8.42 Å². The Morgan fingerprint density at radius 1 is 1.24 bits per heavy atom. The molecule has 17 heavy (non-hydrogen) atoms. The van der Waals surface area contributed by atoms with E-state index in [1.807, 2.05) is 0 Å². The summed E-state index contributed by atoms with van der Waals surface area (Å²) in [6.07, 6.45) is 0. The lowest BCUT2D eigenvalue weighted by molar-refractivity contribution is 0.101. The largest absolute Gasteiger partial charge is 0.493 e. The molecule has 0 saturated carbocycles. The van der Waals surface area contributed by atoms with Crippen LogP contribution in [0.3, 0.4) is 0 Å². The molecule has 0 aliphatic carbocycles. The Morgan fingerprint density at radius 2 is 1.82 bits per heavy atom. The minimum Gasteiger partial charge on any atom is -0.493 e. The van der Waals surface area contributed by atoms with Crippen LogP contribution in [-0.4, -0.2) is 28.4 Å². The van der Waals surface area contributed by atoms with E-state index >= 15 is 0 Å². The third kappa shape index (κ3) is 2.70. The molecule has 0 aliphatic rings. The third-order valence-electron chi connectivity index (χ3n) is 2.12. The van der Waals surface area contributed by atoms with Gasteiger partial charge in [-0.05, 0) is 19.1 Å². The van der Waals surface area contributed by atoms with Gasteiger partial charge in [-0.1, -0.05) is 0 Å². The quantitative estimate of drug-likeness (QED) is 0.621. The summed E-state index contributed by atoms with van der Waals surface area (Å²) in [4.78, 5) is 11.0. The Labute approximate surface area is 104 Å². The molecule has 0 spiro atoms. The van der Waals surface area contributed by atoms with Gasteiger partial charge in [-0.3, -0.25) is 4.79 Å². The highest BCUT2D eigenvalue weighted by molar-refractivity contribution is 8.13. The molecule has 0 bridgehead atoms. The lowest BCUT2D eigenvalue weighted by atomic mass is 10.1. The molecule has 1 aromatic rings. The Bertz CT molecular complexity index is 550. The molecule has 0 amide bonds. The fourth-order valence-corrected chi connectivity index (χ4v) is 2.76. The lowest BCUT2D eigenvalue weighted by Crippen LogP contribution is -2.06. The van der Waals surface area contributed by atoms with Crippen LogP contribution in [0.15, 0.2) is 17.0 Å². The molecule has 1 rings (SSSR count). The molecular weight excluding hydrogens is 268 g/mol. The zero-order valence-electron chi connectivity index (χ0n) is 9.48. The molecule has 94 valence electrons. The van der Waals surface area contributed by atoms with Crippen molar-refractivity contribution >= 4 is 25.5 Å². The summed E-state index contributed by atoms with van der Waals surface area (Å²) in [7, 11) is 3.83. The van der Waals surface area contributed by atoms with E-state index in [1.165, 1.54) is 33.3 Å². The fourth-order valence-electron chi connectivity index (χ4n) is 1.42. The van der Waals surface area contributed by atoms with Gasteiger partial charge < -0.3 is 9.47 Å². The number of ether oxygens (including phenoxy) is 2. The van der Waals surface area contributed by atoms with Crippen molar-refractivity contribution in [2.24, 2.45) is 0 Å². The highest BCUT2D eigenvalue weighted by Crippen LogP contribution is 2.38. The Hall–Kier alpha value is -1.27. The van der Waals surface area contributed by atoms with E-state index in [-0.39, 0.29) is 22.0 Å². The maximum Gasteiger partial charge on any atom is 0.265 e. The van der Waals surface area contributed by atoms with Crippen molar-refractivity contribution in [1.29, 1.82) is 0 Å². The number of ketones is 1. The van der Waals surface area contributed by atoms with Crippen molar-refractivity contribution in [3.05, 3.63) is 17.7 Å². The highest BCUT2D eigenvalue weighted by atomic mass is 35.7. The van der Waals surface area contributed by atoms with E-state index in [0.29, 0.717) is 0 Å². The second kappa shape index (κ2) is 4.93. The van der Waals surface area contributed by atoms with E-state index < -0.39 is 14.8 Å². The molecule has 7 heteroatoms. The maximum absolute atomic E-state index is 11.5. The monoisotopic (exact) mass is 278 g/mol. The molecule has 0 atom stereocenters. The lowest BCUT2D eigenvalue weighted by Gasteiger charge is -2.13. The van der Waals surface area contributed by atoms with Crippen LogP contribution in [-0.2, 0) is 9.05 Å². The van der Waals surface area contributed by atoms with Gasteiger partial charge in [0.15, 0.2) is 17.3 Å². The van der Waals surface area contributed by atoms with Crippen LogP contribution in [0.25, 0.3) is 0 Å². The van der Waals surface area contributed by atoms with E-state index in [2.05, 4.69) is 0 Å². The zero-order valence-corrected chi connectivity index (χ0v) is 11.1. The topological polar surface area (TPSA) is 69.7 Å². The van der Waals surface area contributed by atoms with Gasteiger partial charge in [-0.15, -0.1) is 0 Å². The first-order valence-electron chi connectivity index (χ1n) is 4.53. The normalized spacial score (nSPS) is 11.1. The number of Topliss-reactive ketones (excluding diaryl/α,β-unsaturated/α-hetero) is 1. The molecule has 0 N–H and O–H groups in total. The molecule has 5 nitrogen and oxygen atoms in total. The second-order valence-electron chi connectivity index (χ2n) is 3.17. The van der Waals surface area contributed by atoms with Gasteiger partial charge in [0.25, 0.3) is 9.05 Å². The van der Waals surface area contributed by atoms with Crippen molar-refractivity contribution in [1.82, 2.24) is 0 Å². The van der Waals surface area contributed by atoms with Gasteiger partial charge in [-0.2, -0.15) is 0 Å². The molecule has 0 radical (unpaired) electrons. The summed E-state index contributed by atoms with van der Waals surface area (Å²) >= 11 is 0. The van der Waals surface area contributed by atoms with Gasteiger partial charge in [0.2, 0.25) is 0 Å². The van der Waals surface area contributed by atoms with Crippen LogP contribution in [0, 0.1) is 0 Å². The zero-order chi connectivity index (χ0) is 13.2. The minimum absolute atomic E-state index is 0.0300. The summed E-state index contributed by atoms with van der Waals surface area (Å²) in [6.45, 7) is 1.24. The Kier molecular flexibility index (Phi) is 4.00. The SMILES string of the molecule is COc1ccc(C(C)=O)c(S(=O)(=O)Cl)c1OC. The van der Waals surface area contributed by atoms with E-state index in [9.17, 15) is 13.2 Å².